The minimum atomic E-state index is -0.743. The summed E-state index contributed by atoms with van der Waals surface area (Å²) in [6.45, 7) is 4.28. The van der Waals surface area contributed by atoms with Crippen LogP contribution < -0.4 is 5.32 Å². The van der Waals surface area contributed by atoms with Crippen LogP contribution in [0.1, 0.15) is 258 Å². The van der Waals surface area contributed by atoms with Gasteiger partial charge in [0.15, 0.2) is 0 Å². The highest BCUT2D eigenvalue weighted by Gasteiger charge is 2.21. The lowest BCUT2D eigenvalue weighted by Gasteiger charge is -2.23. The van der Waals surface area contributed by atoms with Crippen LogP contribution in [0.2, 0.25) is 0 Å². The molecule has 1 amide bonds. The maximum Gasteiger partial charge on any atom is 0.222 e. The van der Waals surface area contributed by atoms with E-state index in [1.807, 2.05) is 0 Å². The minimum absolute atomic E-state index is 0.0427. The van der Waals surface area contributed by atoms with Crippen molar-refractivity contribution in [1.29, 1.82) is 0 Å². The van der Waals surface area contributed by atoms with Crippen LogP contribution in [0, 0.1) is 0 Å². The molecule has 0 aromatic rings. The summed E-state index contributed by atoms with van der Waals surface area (Å²) in [5, 5.41) is 33.4. The number of amides is 1. The maximum absolute atomic E-state index is 12.4. The van der Waals surface area contributed by atoms with E-state index < -0.39 is 18.2 Å². The van der Waals surface area contributed by atoms with Gasteiger partial charge in [-0.2, -0.15) is 0 Å². The molecule has 3 atom stereocenters. The largest absolute Gasteiger partial charge is 0.394 e. The fourth-order valence-electron chi connectivity index (χ4n) is 7.41. The van der Waals surface area contributed by atoms with E-state index in [1.165, 1.54) is 199 Å². The number of unbranched alkanes of at least 4 members (excludes halogenated alkanes) is 33. The van der Waals surface area contributed by atoms with Crippen LogP contribution in [-0.2, 0) is 4.79 Å². The zero-order valence-electron chi connectivity index (χ0n) is 34.1. The molecule has 5 nitrogen and oxygen atoms in total. The summed E-state index contributed by atoms with van der Waals surface area (Å²) >= 11 is 0. The molecule has 0 aromatic heterocycles. The number of carbonyl (C=O) groups excluding carboxylic acids is 1. The Kier molecular flexibility index (Phi) is 40.6. The molecule has 0 aliphatic carbocycles. The molecule has 0 heterocycles. The van der Waals surface area contributed by atoms with Crippen molar-refractivity contribution >= 4 is 5.91 Å². The van der Waals surface area contributed by atoms with E-state index in [1.54, 1.807) is 0 Å². The molecule has 300 valence electrons. The van der Waals surface area contributed by atoms with E-state index in [4.69, 9.17) is 0 Å². The first-order valence-corrected chi connectivity index (χ1v) is 22.8. The van der Waals surface area contributed by atoms with Crippen LogP contribution in [-0.4, -0.2) is 46.1 Å². The van der Waals surface area contributed by atoms with Crippen molar-refractivity contribution in [2.75, 3.05) is 6.61 Å². The van der Waals surface area contributed by atoms with Crippen LogP contribution in [0.3, 0.4) is 0 Å². The third-order valence-corrected chi connectivity index (χ3v) is 10.9. The fraction of sp³-hybridized carbons (Fsp3) is 0.978. The van der Waals surface area contributed by atoms with Crippen LogP contribution in [0.5, 0.6) is 0 Å². The van der Waals surface area contributed by atoms with Gasteiger partial charge in [0.25, 0.3) is 0 Å². The lowest BCUT2D eigenvalue weighted by Crippen LogP contribution is -2.46. The van der Waals surface area contributed by atoms with Crippen LogP contribution >= 0.6 is 0 Å². The topological polar surface area (TPSA) is 89.8 Å². The van der Waals surface area contributed by atoms with Gasteiger partial charge in [0.05, 0.1) is 31.3 Å². The number of aliphatic hydroxyl groups excluding tert-OH is 3. The predicted molar refractivity (Wildman–Crippen MR) is 218 cm³/mol. The normalized spacial score (nSPS) is 13.5. The molecule has 0 saturated heterocycles. The summed E-state index contributed by atoms with van der Waals surface area (Å²) in [6, 6.07) is -0.652. The van der Waals surface area contributed by atoms with Gasteiger partial charge in [-0.25, -0.2) is 0 Å². The highest BCUT2D eigenvalue weighted by molar-refractivity contribution is 5.76. The Morgan fingerprint density at radius 2 is 0.680 bits per heavy atom. The van der Waals surface area contributed by atoms with Crippen molar-refractivity contribution < 1.29 is 20.1 Å². The van der Waals surface area contributed by atoms with Gasteiger partial charge in [0.2, 0.25) is 5.91 Å². The molecule has 4 N–H and O–H groups in total. The molecule has 0 radical (unpaired) electrons. The molecule has 3 unspecified atom stereocenters. The molecule has 5 heteroatoms. The van der Waals surface area contributed by atoms with E-state index >= 15 is 0 Å². The number of carbonyl (C=O) groups is 1. The van der Waals surface area contributed by atoms with Crippen molar-refractivity contribution in [2.45, 2.75) is 276 Å². The zero-order chi connectivity index (χ0) is 36.6. The number of rotatable bonds is 42. The van der Waals surface area contributed by atoms with E-state index in [2.05, 4.69) is 19.2 Å². The lowest BCUT2D eigenvalue weighted by atomic mass is 10.0. The molecule has 0 spiro atoms. The first kappa shape index (κ1) is 49.4. The van der Waals surface area contributed by atoms with Crippen LogP contribution in [0.4, 0.5) is 0 Å². The van der Waals surface area contributed by atoms with Gasteiger partial charge in [-0.1, -0.05) is 239 Å². The Balaban J connectivity index is 3.55. The van der Waals surface area contributed by atoms with E-state index in [0.29, 0.717) is 12.8 Å². The highest BCUT2D eigenvalue weighted by atomic mass is 16.3. The molecule has 0 rings (SSSR count). The second-order valence-electron chi connectivity index (χ2n) is 16.0. The highest BCUT2D eigenvalue weighted by Crippen LogP contribution is 2.17. The molecule has 0 saturated carbocycles. The maximum atomic E-state index is 12.4. The fourth-order valence-corrected chi connectivity index (χ4v) is 7.41. The molecule has 0 fully saturated rings. The minimum Gasteiger partial charge on any atom is -0.394 e. The quantitative estimate of drug-likeness (QED) is 0.0475. The number of hydrogen-bond donors (Lipinski definition) is 4. The number of nitrogens with one attached hydrogen (secondary N) is 1. The van der Waals surface area contributed by atoms with Gasteiger partial charge in [-0.15, -0.1) is 0 Å². The lowest BCUT2D eigenvalue weighted by molar-refractivity contribution is -0.125. The molecule has 0 aliphatic heterocycles. The van der Waals surface area contributed by atoms with Crippen molar-refractivity contribution in [3.05, 3.63) is 0 Å². The first-order valence-electron chi connectivity index (χ1n) is 22.8. The Hall–Kier alpha value is -0.650. The predicted octanol–water partition coefficient (Wildman–Crippen LogP) is 13.0. The van der Waals surface area contributed by atoms with Crippen LogP contribution in [0.15, 0.2) is 0 Å². The van der Waals surface area contributed by atoms with Gasteiger partial charge in [0, 0.05) is 0 Å². The molecule has 0 aromatic carbocycles. The summed E-state index contributed by atoms with van der Waals surface area (Å²) < 4.78 is 0. The molecular formula is C45H91NO4. The third-order valence-electron chi connectivity index (χ3n) is 10.9. The van der Waals surface area contributed by atoms with E-state index in [9.17, 15) is 20.1 Å². The summed E-state index contributed by atoms with van der Waals surface area (Å²) in [5.74, 6) is -0.278. The first-order chi connectivity index (χ1) is 24.5. The average Bonchev–Trinajstić information content (AvgIpc) is 3.11. The summed E-state index contributed by atoms with van der Waals surface area (Å²) in [6.07, 6.45) is 46.5. The summed E-state index contributed by atoms with van der Waals surface area (Å²) in [4.78, 5) is 12.4. The summed E-state index contributed by atoms with van der Waals surface area (Å²) in [5.41, 5.74) is 0. The Labute approximate surface area is 313 Å². The summed E-state index contributed by atoms with van der Waals surface area (Å²) in [7, 11) is 0. The molecular weight excluding hydrogens is 618 g/mol. The van der Waals surface area contributed by atoms with Gasteiger partial charge in [-0.3, -0.25) is 4.79 Å². The third kappa shape index (κ3) is 37.1. The molecule has 50 heavy (non-hydrogen) atoms. The van der Waals surface area contributed by atoms with E-state index in [0.717, 1.165) is 25.7 Å². The van der Waals surface area contributed by atoms with Gasteiger partial charge in [-0.05, 0) is 12.8 Å². The Morgan fingerprint density at radius 1 is 0.420 bits per heavy atom. The number of aliphatic hydroxyl groups is 3. The standard InChI is InChI=1S/C45H91NO4/c1-3-5-7-9-11-13-15-17-19-20-21-22-23-24-25-27-29-31-33-35-37-39-44(49)43(41-47)46-45(50)40-42(48)38-36-34-32-30-28-26-18-16-14-12-10-8-6-4-2/h42-44,47-49H,3-41H2,1-2H3,(H,46,50). The number of hydrogen-bond acceptors (Lipinski definition) is 4. The van der Waals surface area contributed by atoms with Gasteiger partial charge in [0.1, 0.15) is 0 Å². The molecule has 0 bridgehead atoms. The van der Waals surface area contributed by atoms with E-state index in [-0.39, 0.29) is 18.9 Å². The monoisotopic (exact) mass is 710 g/mol. The average molecular weight is 710 g/mol. The Morgan fingerprint density at radius 3 is 0.960 bits per heavy atom. The zero-order valence-corrected chi connectivity index (χ0v) is 34.1. The van der Waals surface area contributed by atoms with Crippen molar-refractivity contribution in [1.82, 2.24) is 5.32 Å². The smallest absolute Gasteiger partial charge is 0.222 e. The second kappa shape index (κ2) is 41.1. The second-order valence-corrected chi connectivity index (χ2v) is 16.0. The van der Waals surface area contributed by atoms with Crippen molar-refractivity contribution in [3.63, 3.8) is 0 Å². The van der Waals surface area contributed by atoms with Crippen molar-refractivity contribution in [2.24, 2.45) is 0 Å². The van der Waals surface area contributed by atoms with Crippen molar-refractivity contribution in [3.8, 4) is 0 Å². The Bertz CT molecular complexity index is 659. The van der Waals surface area contributed by atoms with Gasteiger partial charge < -0.3 is 20.6 Å². The molecule has 0 aliphatic rings. The SMILES string of the molecule is CCCCCCCCCCCCCCCCCCCCCCCC(O)C(CO)NC(=O)CC(O)CCCCCCCCCCCCCCCC. The van der Waals surface area contributed by atoms with Gasteiger partial charge >= 0.3 is 0 Å². The van der Waals surface area contributed by atoms with Crippen LogP contribution in [0.25, 0.3) is 0 Å².